The quantitative estimate of drug-likeness (QED) is 0.275. The van der Waals surface area contributed by atoms with E-state index < -0.39 is 36.1 Å². The number of methoxy groups -OCH3 is 1. The van der Waals surface area contributed by atoms with Crippen molar-refractivity contribution in [2.45, 2.75) is 26.7 Å². The molecule has 0 saturated heterocycles. The zero-order valence-electron chi connectivity index (χ0n) is 25.0. The molecule has 44 heavy (non-hydrogen) atoms. The van der Waals surface area contributed by atoms with E-state index in [1.54, 1.807) is 60.7 Å². The highest BCUT2D eigenvalue weighted by Gasteiger charge is 2.25. The molecule has 3 rings (SSSR count). The molecule has 3 aromatic rings. The molecule has 0 radical (unpaired) electrons. The molecule has 0 fully saturated rings. The van der Waals surface area contributed by atoms with Crippen LogP contribution in [-0.2, 0) is 14.4 Å². The van der Waals surface area contributed by atoms with Gasteiger partial charge < -0.3 is 25.0 Å². The molecule has 2 N–H and O–H groups in total. The lowest BCUT2D eigenvalue weighted by molar-refractivity contribution is -0.138. The summed E-state index contributed by atoms with van der Waals surface area (Å²) in [6.45, 7) is 3.41. The molecule has 0 aromatic heterocycles. The number of aliphatic carboxylic acids is 1. The number of nitrogens with zero attached hydrogens (tertiary/aromatic N) is 2. The lowest BCUT2D eigenvalue weighted by Gasteiger charge is -2.28. The van der Waals surface area contributed by atoms with Gasteiger partial charge >= 0.3 is 5.97 Å². The summed E-state index contributed by atoms with van der Waals surface area (Å²) in [6.07, 6.45) is 0.267. The van der Waals surface area contributed by atoms with Gasteiger partial charge in [-0.1, -0.05) is 43.9 Å². The van der Waals surface area contributed by atoms with Gasteiger partial charge in [0.05, 0.1) is 25.6 Å². The van der Waals surface area contributed by atoms with Crippen LogP contribution in [0.5, 0.6) is 5.75 Å². The lowest BCUT2D eigenvalue weighted by atomic mass is 10.1. The fourth-order valence-corrected chi connectivity index (χ4v) is 4.10. The van der Waals surface area contributed by atoms with E-state index in [9.17, 15) is 28.7 Å². The Balaban J connectivity index is 1.70. The molecule has 0 aliphatic carbocycles. The number of carboxylic acid groups (broad SMARTS) is 1. The number of benzene rings is 3. The molecular formula is C34H36FN3O6. The van der Waals surface area contributed by atoms with Gasteiger partial charge in [0.1, 0.15) is 18.1 Å². The summed E-state index contributed by atoms with van der Waals surface area (Å²) in [4.78, 5) is 53.6. The number of halogens is 1. The van der Waals surface area contributed by atoms with Crippen LogP contribution in [0.1, 0.15) is 48.2 Å². The maximum atomic E-state index is 13.8. The van der Waals surface area contributed by atoms with Crippen LogP contribution in [0.15, 0.2) is 72.8 Å². The summed E-state index contributed by atoms with van der Waals surface area (Å²) in [5, 5.41) is 12.0. The Morgan fingerprint density at radius 1 is 0.909 bits per heavy atom. The highest BCUT2D eigenvalue weighted by Crippen LogP contribution is 2.16. The molecule has 0 aliphatic heterocycles. The van der Waals surface area contributed by atoms with Gasteiger partial charge in [0.25, 0.3) is 5.91 Å². The van der Waals surface area contributed by atoms with Crippen LogP contribution in [0.4, 0.5) is 10.1 Å². The predicted octanol–water partition coefficient (Wildman–Crippen LogP) is 4.66. The highest BCUT2D eigenvalue weighted by molar-refractivity contribution is 5.98. The van der Waals surface area contributed by atoms with Gasteiger partial charge in [0.2, 0.25) is 11.8 Å². The van der Waals surface area contributed by atoms with Crippen molar-refractivity contribution >= 4 is 29.4 Å². The second kappa shape index (κ2) is 16.5. The van der Waals surface area contributed by atoms with Crippen molar-refractivity contribution in [3.8, 4) is 17.6 Å². The number of carbonyl (C=O) groups is 4. The highest BCUT2D eigenvalue weighted by atomic mass is 19.1. The number of anilines is 1. The van der Waals surface area contributed by atoms with Crippen LogP contribution < -0.4 is 10.1 Å². The first-order valence-electron chi connectivity index (χ1n) is 14.1. The van der Waals surface area contributed by atoms with E-state index >= 15 is 0 Å². The maximum Gasteiger partial charge on any atom is 0.305 e. The number of nitrogens with one attached hydrogen (secondary N) is 1. The molecule has 0 spiro atoms. The fraction of sp³-hybridized carbons (Fsp3) is 0.294. The molecule has 9 nitrogen and oxygen atoms in total. The standard InChI is InChI=1S/C34H36FN3O6/c1-24(2)17-19-37(32(40)23-38(20-18-33(41)42)34(43)27-8-6-9-29(21-27)44-3)22-31(39)36-28-15-12-25(13-16-28)11-14-26-7-4-5-10-30(26)35/h4-10,12-13,15-16,21,24H,17-20,22-23H2,1-3H3,(H,36,39)(H,41,42). The normalized spacial score (nSPS) is 10.4. The zero-order valence-corrected chi connectivity index (χ0v) is 25.0. The van der Waals surface area contributed by atoms with Crippen LogP contribution in [-0.4, -0.2) is 71.9 Å². The largest absolute Gasteiger partial charge is 0.497 e. The van der Waals surface area contributed by atoms with Gasteiger partial charge in [-0.15, -0.1) is 0 Å². The zero-order chi connectivity index (χ0) is 32.1. The van der Waals surface area contributed by atoms with Gasteiger partial charge in [-0.3, -0.25) is 19.2 Å². The molecule has 0 unspecified atom stereocenters. The first kappa shape index (κ1) is 33.3. The van der Waals surface area contributed by atoms with Crippen molar-refractivity contribution < 1.29 is 33.4 Å². The molecule has 0 aliphatic rings. The Hall–Kier alpha value is -5.17. The number of carboxylic acids is 1. The van der Waals surface area contributed by atoms with E-state index in [4.69, 9.17) is 4.74 Å². The molecule has 3 aromatic carbocycles. The third-order valence-electron chi connectivity index (χ3n) is 6.57. The van der Waals surface area contributed by atoms with Crippen LogP contribution in [0, 0.1) is 23.6 Å². The van der Waals surface area contributed by atoms with E-state index in [-0.39, 0.29) is 43.1 Å². The van der Waals surface area contributed by atoms with Crippen LogP contribution in [0.2, 0.25) is 0 Å². The van der Waals surface area contributed by atoms with E-state index in [0.29, 0.717) is 23.4 Å². The molecule has 230 valence electrons. The number of hydrogen-bond acceptors (Lipinski definition) is 5. The maximum absolute atomic E-state index is 13.8. The van der Waals surface area contributed by atoms with Gasteiger partial charge in [-0.2, -0.15) is 0 Å². The van der Waals surface area contributed by atoms with Gasteiger partial charge in [-0.25, -0.2) is 4.39 Å². The minimum atomic E-state index is -1.11. The Bertz CT molecular complexity index is 1530. The molecule has 3 amide bonds. The van der Waals surface area contributed by atoms with Gasteiger partial charge in [-0.05, 0) is 66.9 Å². The monoisotopic (exact) mass is 601 g/mol. The van der Waals surface area contributed by atoms with Crippen molar-refractivity contribution in [2.75, 3.05) is 38.6 Å². The summed E-state index contributed by atoms with van der Waals surface area (Å²) in [7, 11) is 1.46. The first-order chi connectivity index (χ1) is 21.0. The minimum absolute atomic E-state index is 0.187. The number of hydrogen-bond donors (Lipinski definition) is 2. The summed E-state index contributed by atoms with van der Waals surface area (Å²) < 4.78 is 19.0. The Kier molecular flexibility index (Phi) is 12.5. The third kappa shape index (κ3) is 10.6. The smallest absolute Gasteiger partial charge is 0.305 e. The van der Waals surface area contributed by atoms with E-state index in [0.717, 1.165) is 0 Å². The summed E-state index contributed by atoms with van der Waals surface area (Å²) in [5.41, 5.74) is 1.64. The predicted molar refractivity (Wildman–Crippen MR) is 165 cm³/mol. The van der Waals surface area contributed by atoms with E-state index in [2.05, 4.69) is 17.2 Å². The minimum Gasteiger partial charge on any atom is -0.497 e. The Morgan fingerprint density at radius 2 is 1.64 bits per heavy atom. The number of amides is 3. The van der Waals surface area contributed by atoms with Crippen molar-refractivity contribution in [2.24, 2.45) is 5.92 Å². The number of ether oxygens (including phenoxy) is 1. The fourth-order valence-electron chi connectivity index (χ4n) is 4.10. The molecule has 0 bridgehead atoms. The van der Waals surface area contributed by atoms with Gasteiger partial charge in [0, 0.05) is 29.9 Å². The van der Waals surface area contributed by atoms with Crippen molar-refractivity contribution in [3.05, 3.63) is 95.3 Å². The van der Waals surface area contributed by atoms with Crippen molar-refractivity contribution in [3.63, 3.8) is 0 Å². The second-order valence-electron chi connectivity index (χ2n) is 10.5. The number of carbonyl (C=O) groups excluding carboxylic acids is 3. The molecule has 0 atom stereocenters. The van der Waals surface area contributed by atoms with Crippen LogP contribution >= 0.6 is 0 Å². The van der Waals surface area contributed by atoms with Crippen LogP contribution in [0.25, 0.3) is 0 Å². The van der Waals surface area contributed by atoms with E-state index in [1.165, 1.54) is 29.0 Å². The average Bonchev–Trinajstić information content (AvgIpc) is 3.01. The summed E-state index contributed by atoms with van der Waals surface area (Å²) in [5.74, 6) is 3.39. The van der Waals surface area contributed by atoms with Crippen molar-refractivity contribution in [1.29, 1.82) is 0 Å². The Morgan fingerprint density at radius 3 is 2.30 bits per heavy atom. The first-order valence-corrected chi connectivity index (χ1v) is 14.1. The molecule has 10 heteroatoms. The molecule has 0 heterocycles. The van der Waals surface area contributed by atoms with Crippen LogP contribution in [0.3, 0.4) is 0 Å². The molecule has 0 saturated carbocycles. The third-order valence-corrected chi connectivity index (χ3v) is 6.57. The Labute approximate surface area is 256 Å². The molecular weight excluding hydrogens is 565 g/mol. The topological polar surface area (TPSA) is 116 Å². The number of rotatable bonds is 13. The summed E-state index contributed by atoms with van der Waals surface area (Å²) in [6, 6.07) is 19.3. The summed E-state index contributed by atoms with van der Waals surface area (Å²) >= 11 is 0. The van der Waals surface area contributed by atoms with E-state index in [1.807, 2.05) is 13.8 Å². The average molecular weight is 602 g/mol. The van der Waals surface area contributed by atoms with Gasteiger partial charge in [0.15, 0.2) is 0 Å². The second-order valence-corrected chi connectivity index (χ2v) is 10.5. The SMILES string of the molecule is COc1cccc(C(=O)N(CCC(=O)O)CC(=O)N(CCC(C)C)CC(=O)Nc2ccc(C#Cc3ccccc3F)cc2)c1. The lowest BCUT2D eigenvalue weighted by Crippen LogP contribution is -2.46. The van der Waals surface area contributed by atoms with Crippen molar-refractivity contribution in [1.82, 2.24) is 9.80 Å².